The Morgan fingerprint density at radius 2 is 2.27 bits per heavy atom. The molecule has 0 saturated carbocycles. The zero-order valence-corrected chi connectivity index (χ0v) is 5.91. The van der Waals surface area contributed by atoms with Crippen LogP contribution in [-0.2, 0) is 0 Å². The van der Waals surface area contributed by atoms with Gasteiger partial charge in [-0.05, 0) is 18.2 Å². The summed E-state index contributed by atoms with van der Waals surface area (Å²) < 4.78 is 0. The minimum atomic E-state index is 0.756. The number of anilines is 1. The molecule has 0 aliphatic rings. The number of aromatic nitrogens is 1. The van der Waals surface area contributed by atoms with Crippen LogP contribution in [0.2, 0.25) is 0 Å². The van der Waals surface area contributed by atoms with E-state index in [1.165, 1.54) is 0 Å². The van der Waals surface area contributed by atoms with E-state index < -0.39 is 0 Å². The van der Waals surface area contributed by atoms with Crippen LogP contribution in [0.4, 0.5) is 5.69 Å². The van der Waals surface area contributed by atoms with Gasteiger partial charge in [-0.1, -0.05) is 6.07 Å². The molecule has 1 aromatic carbocycles. The third-order valence-corrected chi connectivity index (χ3v) is 1.60. The van der Waals surface area contributed by atoms with E-state index in [9.17, 15) is 0 Å². The van der Waals surface area contributed by atoms with Crippen molar-refractivity contribution in [2.45, 2.75) is 0 Å². The molecule has 1 heterocycles. The highest BCUT2D eigenvalue weighted by Gasteiger charge is 1.94. The van der Waals surface area contributed by atoms with Crippen LogP contribution in [0, 0.1) is 6.07 Å². The second-order valence-electron chi connectivity index (χ2n) is 2.33. The maximum absolute atomic E-state index is 5.70. The van der Waals surface area contributed by atoms with Gasteiger partial charge >= 0.3 is 0 Å². The predicted molar refractivity (Wildman–Crippen MR) is 45.0 cm³/mol. The summed E-state index contributed by atoms with van der Waals surface area (Å²) in [6.07, 6.45) is 1.73. The summed E-state index contributed by atoms with van der Waals surface area (Å²) in [5, 5.41) is 0.968. The van der Waals surface area contributed by atoms with Gasteiger partial charge in [0.25, 0.3) is 0 Å². The van der Waals surface area contributed by atoms with Crippen LogP contribution in [0.25, 0.3) is 10.9 Å². The maximum Gasteiger partial charge on any atom is 0.0801 e. The monoisotopic (exact) mass is 143 g/mol. The Bertz CT molecular complexity index is 377. The molecule has 1 aromatic heterocycles. The van der Waals surface area contributed by atoms with Crippen molar-refractivity contribution in [2.24, 2.45) is 0 Å². The third kappa shape index (κ3) is 0.923. The number of pyridine rings is 1. The molecule has 53 valence electrons. The highest BCUT2D eigenvalue weighted by molar-refractivity contribution is 5.89. The van der Waals surface area contributed by atoms with E-state index >= 15 is 0 Å². The molecule has 0 bridgehead atoms. The SMILES string of the molecule is Nc1cc[c]c2ncccc12. The highest BCUT2D eigenvalue weighted by Crippen LogP contribution is 2.16. The number of benzene rings is 1. The zero-order valence-electron chi connectivity index (χ0n) is 5.91. The molecule has 0 amide bonds. The fraction of sp³-hybridized carbons (Fsp3) is 0. The minimum absolute atomic E-state index is 0.756. The van der Waals surface area contributed by atoms with Gasteiger partial charge in [0.1, 0.15) is 0 Å². The molecule has 1 radical (unpaired) electrons. The number of nitrogen functional groups attached to an aromatic ring is 1. The Labute approximate surface area is 64.7 Å². The third-order valence-electron chi connectivity index (χ3n) is 1.60. The molecule has 0 unspecified atom stereocenters. The molecule has 0 atom stereocenters. The fourth-order valence-electron chi connectivity index (χ4n) is 1.05. The fourth-order valence-corrected chi connectivity index (χ4v) is 1.05. The second-order valence-corrected chi connectivity index (χ2v) is 2.33. The topological polar surface area (TPSA) is 38.9 Å². The predicted octanol–water partition coefficient (Wildman–Crippen LogP) is 1.62. The first-order chi connectivity index (χ1) is 5.38. The molecule has 0 saturated heterocycles. The van der Waals surface area contributed by atoms with Crippen LogP contribution in [0.1, 0.15) is 0 Å². The van der Waals surface area contributed by atoms with Crippen LogP contribution in [0.5, 0.6) is 0 Å². The van der Waals surface area contributed by atoms with Crippen molar-refractivity contribution in [3.05, 3.63) is 36.5 Å². The molecular weight excluding hydrogens is 136 g/mol. The number of hydrogen-bond acceptors (Lipinski definition) is 2. The standard InChI is InChI=1S/C9H7N2/c10-8-4-1-5-9-7(8)3-2-6-11-9/h1-4,6H,10H2. The molecule has 0 aliphatic heterocycles. The Balaban J connectivity index is 2.91. The average Bonchev–Trinajstić information content (AvgIpc) is 2.06. The van der Waals surface area contributed by atoms with Crippen molar-refractivity contribution >= 4 is 16.6 Å². The minimum Gasteiger partial charge on any atom is -0.398 e. The largest absolute Gasteiger partial charge is 0.398 e. The van der Waals surface area contributed by atoms with Crippen molar-refractivity contribution in [2.75, 3.05) is 5.73 Å². The van der Waals surface area contributed by atoms with Crippen LogP contribution in [-0.4, -0.2) is 4.98 Å². The maximum atomic E-state index is 5.70. The summed E-state index contributed by atoms with van der Waals surface area (Å²) in [6, 6.07) is 10.4. The first-order valence-electron chi connectivity index (χ1n) is 3.39. The molecule has 2 aromatic rings. The molecular formula is C9H7N2. The molecule has 0 fully saturated rings. The molecule has 2 N–H and O–H groups in total. The molecule has 11 heavy (non-hydrogen) atoms. The van der Waals surface area contributed by atoms with Crippen molar-refractivity contribution in [3.63, 3.8) is 0 Å². The van der Waals surface area contributed by atoms with Crippen LogP contribution in [0.3, 0.4) is 0 Å². The summed E-state index contributed by atoms with van der Waals surface area (Å²) in [5.41, 5.74) is 7.28. The normalized spacial score (nSPS) is 10.2. The smallest absolute Gasteiger partial charge is 0.0801 e. The van der Waals surface area contributed by atoms with E-state index in [-0.39, 0.29) is 0 Å². The molecule has 2 heteroatoms. The first-order valence-corrected chi connectivity index (χ1v) is 3.39. The van der Waals surface area contributed by atoms with Crippen LogP contribution in [0.15, 0.2) is 30.5 Å². The van der Waals surface area contributed by atoms with Crippen LogP contribution >= 0.6 is 0 Å². The second kappa shape index (κ2) is 2.23. The van der Waals surface area contributed by atoms with E-state index in [0.29, 0.717) is 0 Å². The van der Waals surface area contributed by atoms with E-state index in [4.69, 9.17) is 5.73 Å². The molecule has 2 rings (SSSR count). The van der Waals surface area contributed by atoms with Gasteiger partial charge in [0.2, 0.25) is 0 Å². The molecule has 0 aliphatic carbocycles. The lowest BCUT2D eigenvalue weighted by atomic mass is 10.2. The Morgan fingerprint density at radius 1 is 1.36 bits per heavy atom. The summed E-state index contributed by atoms with van der Waals surface area (Å²) in [6.45, 7) is 0. The lowest BCUT2D eigenvalue weighted by Crippen LogP contribution is -1.86. The summed E-state index contributed by atoms with van der Waals surface area (Å²) >= 11 is 0. The van der Waals surface area contributed by atoms with E-state index in [1.807, 2.05) is 18.2 Å². The van der Waals surface area contributed by atoms with Crippen LogP contribution < -0.4 is 5.73 Å². The lowest BCUT2D eigenvalue weighted by molar-refractivity contribution is 1.41. The van der Waals surface area contributed by atoms with Gasteiger partial charge in [-0.15, -0.1) is 0 Å². The van der Waals surface area contributed by atoms with Crippen molar-refractivity contribution in [3.8, 4) is 0 Å². The van der Waals surface area contributed by atoms with Gasteiger partial charge in [-0.3, -0.25) is 4.98 Å². The number of nitrogens with two attached hydrogens (primary N) is 1. The van der Waals surface area contributed by atoms with Gasteiger partial charge in [0.05, 0.1) is 5.52 Å². The first kappa shape index (κ1) is 6.16. The van der Waals surface area contributed by atoms with Gasteiger partial charge in [0, 0.05) is 23.3 Å². The number of hydrogen-bond donors (Lipinski definition) is 1. The van der Waals surface area contributed by atoms with E-state index in [1.54, 1.807) is 12.3 Å². The zero-order chi connectivity index (χ0) is 7.68. The number of rotatable bonds is 0. The summed E-state index contributed by atoms with van der Waals surface area (Å²) in [7, 11) is 0. The van der Waals surface area contributed by atoms with Gasteiger partial charge in [-0.25, -0.2) is 0 Å². The average molecular weight is 143 g/mol. The Morgan fingerprint density at radius 3 is 3.09 bits per heavy atom. The van der Waals surface area contributed by atoms with Gasteiger partial charge in [0.15, 0.2) is 0 Å². The Kier molecular flexibility index (Phi) is 1.25. The summed E-state index contributed by atoms with van der Waals surface area (Å²) in [4.78, 5) is 4.11. The molecule has 0 spiro atoms. The van der Waals surface area contributed by atoms with Gasteiger partial charge < -0.3 is 5.73 Å². The van der Waals surface area contributed by atoms with E-state index in [0.717, 1.165) is 16.6 Å². The van der Waals surface area contributed by atoms with Crippen molar-refractivity contribution in [1.29, 1.82) is 0 Å². The van der Waals surface area contributed by atoms with Gasteiger partial charge in [-0.2, -0.15) is 0 Å². The van der Waals surface area contributed by atoms with Crippen molar-refractivity contribution in [1.82, 2.24) is 4.98 Å². The molecule has 2 nitrogen and oxygen atoms in total. The number of fused-ring (bicyclic) bond motifs is 1. The highest BCUT2D eigenvalue weighted by atomic mass is 14.7. The Hall–Kier alpha value is -1.57. The quantitative estimate of drug-likeness (QED) is 0.569. The van der Waals surface area contributed by atoms with Crippen molar-refractivity contribution < 1.29 is 0 Å². The van der Waals surface area contributed by atoms with E-state index in [2.05, 4.69) is 11.1 Å². The lowest BCUT2D eigenvalue weighted by Gasteiger charge is -1.97. The summed E-state index contributed by atoms with van der Waals surface area (Å²) in [5.74, 6) is 0. The number of nitrogens with zero attached hydrogens (tertiary/aromatic N) is 1.